The Morgan fingerprint density at radius 3 is 2.43 bits per heavy atom. The average Bonchev–Trinajstić information content (AvgIpc) is 3.49. The lowest BCUT2D eigenvalue weighted by Gasteiger charge is -2.16. The number of rotatable bonds is 12. The zero-order valence-corrected chi connectivity index (χ0v) is 26.4. The summed E-state index contributed by atoms with van der Waals surface area (Å²) in [4.78, 5) is 13.8. The van der Waals surface area contributed by atoms with Crippen molar-refractivity contribution in [1.82, 2.24) is 19.5 Å². The number of hydrogen-bond donors (Lipinski definition) is 1. The molecule has 10 nitrogen and oxygen atoms in total. The van der Waals surface area contributed by atoms with Gasteiger partial charge < -0.3 is 9.26 Å². The molecule has 5 aromatic rings. The van der Waals surface area contributed by atoms with Gasteiger partial charge in [0.15, 0.2) is 5.82 Å². The monoisotopic (exact) mass is 615 g/mol. The van der Waals surface area contributed by atoms with E-state index in [1.54, 1.807) is 49.8 Å². The molecular formula is C33H37N5O5S. The maximum Gasteiger partial charge on any atom is 0.351 e. The molecule has 0 bridgehead atoms. The van der Waals surface area contributed by atoms with E-state index in [0.29, 0.717) is 35.4 Å². The van der Waals surface area contributed by atoms with Crippen molar-refractivity contribution >= 4 is 15.8 Å². The number of aryl methyl sites for hydroxylation is 3. The minimum atomic E-state index is -4.01. The quantitative estimate of drug-likeness (QED) is 0.184. The van der Waals surface area contributed by atoms with Gasteiger partial charge >= 0.3 is 5.69 Å². The third-order valence-electron chi connectivity index (χ3n) is 7.70. The van der Waals surface area contributed by atoms with Crippen molar-refractivity contribution in [3.05, 3.63) is 111 Å². The summed E-state index contributed by atoms with van der Waals surface area (Å²) >= 11 is 0. The van der Waals surface area contributed by atoms with Crippen LogP contribution in [0, 0.1) is 20.8 Å². The van der Waals surface area contributed by atoms with Crippen molar-refractivity contribution in [2.24, 2.45) is 0 Å². The first-order valence-corrected chi connectivity index (χ1v) is 16.0. The summed E-state index contributed by atoms with van der Waals surface area (Å²) in [7, 11) is -2.42. The molecule has 3 aromatic carbocycles. The molecule has 2 heterocycles. The predicted octanol–water partition coefficient (Wildman–Crippen LogP) is 5.95. The van der Waals surface area contributed by atoms with Crippen LogP contribution in [0.5, 0.6) is 0 Å². The Balaban J connectivity index is 1.54. The van der Waals surface area contributed by atoms with E-state index in [4.69, 9.17) is 14.4 Å². The van der Waals surface area contributed by atoms with E-state index in [1.165, 1.54) is 4.68 Å². The zero-order chi connectivity index (χ0) is 31.4. The number of benzene rings is 3. The number of hydrogen-bond acceptors (Lipinski definition) is 7. The molecule has 0 radical (unpaired) electrons. The minimum Gasteiger partial charge on any atom is -0.380 e. The number of nitrogens with zero attached hydrogens (tertiary/aromatic N) is 4. The summed E-state index contributed by atoms with van der Waals surface area (Å²) in [6, 6.07) is 20.3. The molecule has 0 aliphatic carbocycles. The summed E-state index contributed by atoms with van der Waals surface area (Å²) in [5.41, 5.74) is 5.02. The maximum absolute atomic E-state index is 13.7. The van der Waals surface area contributed by atoms with Crippen LogP contribution in [0.15, 0.2) is 80.9 Å². The lowest BCUT2D eigenvalue weighted by atomic mass is 9.97. The summed E-state index contributed by atoms with van der Waals surface area (Å²) in [6.07, 6.45) is 2.56. The second-order valence-corrected chi connectivity index (χ2v) is 12.5. The van der Waals surface area contributed by atoms with Crippen molar-refractivity contribution in [2.75, 3.05) is 11.8 Å². The van der Waals surface area contributed by atoms with Gasteiger partial charge in [0.25, 0.3) is 10.0 Å². The molecule has 5 rings (SSSR count). The topological polar surface area (TPSA) is 121 Å². The highest BCUT2D eigenvalue weighted by molar-refractivity contribution is 7.92. The van der Waals surface area contributed by atoms with Crippen molar-refractivity contribution in [3.8, 4) is 16.8 Å². The third kappa shape index (κ3) is 6.24. The second kappa shape index (κ2) is 13.0. The average molecular weight is 616 g/mol. The number of sulfonamides is 1. The van der Waals surface area contributed by atoms with E-state index in [9.17, 15) is 13.2 Å². The molecule has 0 atom stereocenters. The highest BCUT2D eigenvalue weighted by Crippen LogP contribution is 2.33. The molecule has 2 aromatic heterocycles. The molecule has 11 heteroatoms. The maximum atomic E-state index is 13.7. The minimum absolute atomic E-state index is 0.0998. The summed E-state index contributed by atoms with van der Waals surface area (Å²) in [5, 5.41) is 8.60. The summed E-state index contributed by atoms with van der Waals surface area (Å²) in [6.45, 7) is 8.09. The van der Waals surface area contributed by atoms with Crippen LogP contribution in [-0.2, 0) is 34.3 Å². The molecule has 230 valence electrons. The first-order chi connectivity index (χ1) is 21.1. The van der Waals surface area contributed by atoms with Gasteiger partial charge in [0, 0.05) is 24.7 Å². The van der Waals surface area contributed by atoms with Crippen LogP contribution < -0.4 is 10.4 Å². The second-order valence-electron chi connectivity index (χ2n) is 10.8. The van der Waals surface area contributed by atoms with Gasteiger partial charge in [0.05, 0.1) is 23.7 Å². The molecule has 0 saturated heterocycles. The van der Waals surface area contributed by atoms with E-state index >= 15 is 0 Å². The van der Waals surface area contributed by atoms with Gasteiger partial charge in [-0.1, -0.05) is 73.1 Å². The molecule has 0 aliphatic heterocycles. The highest BCUT2D eigenvalue weighted by Gasteiger charge is 2.24. The number of unbranched alkanes of at least 4 members (excludes halogenated alkanes) is 1. The number of methoxy groups -OCH3 is 1. The van der Waals surface area contributed by atoms with Gasteiger partial charge in [-0.25, -0.2) is 13.2 Å². The number of para-hydroxylation sites is 1. The molecule has 44 heavy (non-hydrogen) atoms. The Kier molecular flexibility index (Phi) is 9.17. The zero-order valence-electron chi connectivity index (χ0n) is 25.6. The number of anilines is 1. The fraction of sp³-hybridized carbons (Fsp3) is 0.303. The molecular weight excluding hydrogens is 578 g/mol. The van der Waals surface area contributed by atoms with Crippen LogP contribution in [0.4, 0.5) is 5.82 Å². The van der Waals surface area contributed by atoms with Crippen LogP contribution in [0.3, 0.4) is 0 Å². The van der Waals surface area contributed by atoms with Crippen molar-refractivity contribution in [1.29, 1.82) is 0 Å². The first kappa shape index (κ1) is 31.0. The molecule has 0 spiro atoms. The van der Waals surface area contributed by atoms with Gasteiger partial charge in [-0.05, 0) is 61.6 Å². The standard InChI is InChI=1S/C33H37N5O5S/c1-6-7-16-31-34-38(29-14-10-8-12-22(29)2)33(39)37(31)20-25-17-18-27(26(19-25)21-42-5)28-13-9-11-15-30(28)44(40,41)36-32-23(3)24(4)43-35-32/h8-15,17-19H,6-7,16,20-21H2,1-5H3,(H,35,36). The van der Waals surface area contributed by atoms with Crippen molar-refractivity contribution in [3.63, 3.8) is 0 Å². The van der Waals surface area contributed by atoms with E-state index in [1.807, 2.05) is 49.4 Å². The number of ether oxygens (including phenoxy) is 1. The first-order valence-electron chi connectivity index (χ1n) is 14.5. The lowest BCUT2D eigenvalue weighted by Crippen LogP contribution is -2.25. The van der Waals surface area contributed by atoms with E-state index in [-0.39, 0.29) is 23.0 Å². The lowest BCUT2D eigenvalue weighted by molar-refractivity contribution is 0.185. The smallest absolute Gasteiger partial charge is 0.351 e. The third-order valence-corrected chi connectivity index (χ3v) is 9.10. The number of aromatic nitrogens is 4. The van der Waals surface area contributed by atoms with Gasteiger partial charge in [-0.3, -0.25) is 9.29 Å². The fourth-order valence-corrected chi connectivity index (χ4v) is 6.44. The molecule has 0 unspecified atom stereocenters. The normalized spacial score (nSPS) is 11.7. The van der Waals surface area contributed by atoms with Crippen molar-refractivity contribution < 1.29 is 17.7 Å². The predicted molar refractivity (Wildman–Crippen MR) is 170 cm³/mol. The van der Waals surface area contributed by atoms with E-state index in [2.05, 4.69) is 16.8 Å². The molecule has 0 aliphatic rings. The Morgan fingerprint density at radius 2 is 1.73 bits per heavy atom. The Labute approximate surface area is 257 Å². The highest BCUT2D eigenvalue weighted by atomic mass is 32.2. The van der Waals surface area contributed by atoms with Crippen LogP contribution in [0.25, 0.3) is 16.8 Å². The molecule has 0 amide bonds. The van der Waals surface area contributed by atoms with Crippen LogP contribution in [0.2, 0.25) is 0 Å². The summed E-state index contributed by atoms with van der Waals surface area (Å²) < 4.78 is 43.6. The van der Waals surface area contributed by atoms with Gasteiger partial charge in [-0.2, -0.15) is 4.68 Å². The molecule has 1 N–H and O–H groups in total. The Hall–Kier alpha value is -4.48. The Bertz CT molecular complexity index is 1960. The fourth-order valence-electron chi connectivity index (χ4n) is 5.16. The SMILES string of the molecule is CCCCc1nn(-c2ccccc2C)c(=O)n1Cc1ccc(-c2ccccc2S(=O)(=O)Nc2noc(C)c2C)c(COC)c1. The van der Waals surface area contributed by atoms with Crippen LogP contribution in [-0.4, -0.2) is 35.0 Å². The van der Waals surface area contributed by atoms with Crippen molar-refractivity contribution in [2.45, 2.75) is 65.0 Å². The molecule has 0 fully saturated rings. The van der Waals surface area contributed by atoms with Crippen LogP contribution >= 0.6 is 0 Å². The number of nitrogens with one attached hydrogen (secondary N) is 1. The van der Waals surface area contributed by atoms with E-state index in [0.717, 1.165) is 41.0 Å². The Morgan fingerprint density at radius 1 is 0.977 bits per heavy atom. The summed E-state index contributed by atoms with van der Waals surface area (Å²) in [5.74, 6) is 1.41. The largest absolute Gasteiger partial charge is 0.380 e. The van der Waals surface area contributed by atoms with Gasteiger partial charge in [-0.15, -0.1) is 5.10 Å². The molecule has 0 saturated carbocycles. The van der Waals surface area contributed by atoms with E-state index < -0.39 is 10.0 Å². The van der Waals surface area contributed by atoms with Gasteiger partial charge in [0.1, 0.15) is 11.6 Å². The van der Waals surface area contributed by atoms with Crippen LogP contribution in [0.1, 0.15) is 53.6 Å². The van der Waals surface area contributed by atoms with Gasteiger partial charge in [0.2, 0.25) is 0 Å².